The minimum absolute atomic E-state index is 0.686. The number of hydrogen-bond donors (Lipinski definition) is 0. The van der Waals surface area contributed by atoms with Gasteiger partial charge in [0.2, 0.25) is 0 Å². The van der Waals surface area contributed by atoms with E-state index in [0.29, 0.717) is 5.02 Å². The van der Waals surface area contributed by atoms with Gasteiger partial charge >= 0.3 is 0 Å². The van der Waals surface area contributed by atoms with Gasteiger partial charge in [-0.1, -0.05) is 23.7 Å². The lowest BCUT2D eigenvalue weighted by molar-refractivity contribution is 1.30. The van der Waals surface area contributed by atoms with Gasteiger partial charge in [-0.05, 0) is 30.3 Å². The number of rotatable bonds is 2. The van der Waals surface area contributed by atoms with Crippen LogP contribution in [0.1, 0.15) is 5.69 Å². The van der Waals surface area contributed by atoms with Crippen LogP contribution in [-0.4, -0.2) is 11.2 Å². The lowest BCUT2D eigenvalue weighted by Crippen LogP contribution is -1.83. The van der Waals surface area contributed by atoms with Crippen LogP contribution in [0.25, 0.3) is 0 Å². The second kappa shape index (κ2) is 4.71. The summed E-state index contributed by atoms with van der Waals surface area (Å²) in [5.41, 5.74) is 1.66. The van der Waals surface area contributed by atoms with Crippen LogP contribution in [-0.2, 0) is 0 Å². The number of aromatic nitrogens is 1. The second-order valence-electron chi connectivity index (χ2n) is 2.99. The van der Waals surface area contributed by atoms with Crippen molar-refractivity contribution in [2.24, 2.45) is 4.99 Å². The number of hydrogen-bond acceptors (Lipinski definition) is 2. The second-order valence-corrected chi connectivity index (χ2v) is 3.43. The van der Waals surface area contributed by atoms with E-state index in [1.807, 2.05) is 36.4 Å². The van der Waals surface area contributed by atoms with Gasteiger partial charge in [-0.2, -0.15) is 0 Å². The summed E-state index contributed by atoms with van der Waals surface area (Å²) in [5, 5.41) is 0.686. The van der Waals surface area contributed by atoms with Crippen LogP contribution >= 0.6 is 11.6 Å². The Kier molecular flexibility index (Phi) is 3.10. The van der Waals surface area contributed by atoms with Crippen molar-refractivity contribution < 1.29 is 0 Å². The Hall–Kier alpha value is -1.67. The molecule has 0 atom stereocenters. The van der Waals surface area contributed by atoms with Crippen LogP contribution in [0.3, 0.4) is 0 Å². The van der Waals surface area contributed by atoms with Crippen molar-refractivity contribution in [1.29, 1.82) is 0 Å². The number of pyridine rings is 1. The van der Waals surface area contributed by atoms with Gasteiger partial charge in [-0.3, -0.25) is 9.98 Å². The van der Waals surface area contributed by atoms with Crippen LogP contribution in [0, 0.1) is 0 Å². The highest BCUT2D eigenvalue weighted by molar-refractivity contribution is 6.30. The summed E-state index contributed by atoms with van der Waals surface area (Å²) in [4.78, 5) is 8.40. The number of benzene rings is 1. The fourth-order valence-electron chi connectivity index (χ4n) is 1.15. The Bertz CT molecular complexity index is 466. The first-order valence-electron chi connectivity index (χ1n) is 4.55. The van der Waals surface area contributed by atoms with Crippen LogP contribution in [0.2, 0.25) is 5.02 Å². The zero-order chi connectivity index (χ0) is 10.5. The third kappa shape index (κ3) is 2.89. The molecule has 2 aromatic rings. The molecule has 0 saturated carbocycles. The average Bonchev–Trinajstić information content (AvgIpc) is 2.28. The monoisotopic (exact) mass is 216 g/mol. The molecular formula is C12H9ClN2. The van der Waals surface area contributed by atoms with Gasteiger partial charge in [-0.15, -0.1) is 0 Å². The van der Waals surface area contributed by atoms with Crippen LogP contribution in [0.5, 0.6) is 0 Å². The predicted octanol–water partition coefficient (Wildman–Crippen LogP) is 3.49. The summed E-state index contributed by atoms with van der Waals surface area (Å²) in [6.45, 7) is 0. The molecular weight excluding hydrogens is 208 g/mol. The molecule has 0 spiro atoms. The quantitative estimate of drug-likeness (QED) is 0.706. The first kappa shape index (κ1) is 9.87. The van der Waals surface area contributed by atoms with Crippen LogP contribution in [0.4, 0.5) is 5.69 Å². The summed E-state index contributed by atoms with van der Waals surface area (Å²) in [7, 11) is 0. The standard InChI is InChI=1S/C12H9ClN2/c13-10-4-3-6-11(8-10)15-9-12-5-1-2-7-14-12/h1-9H. The van der Waals surface area contributed by atoms with Gasteiger partial charge in [0.05, 0.1) is 17.6 Å². The summed E-state index contributed by atoms with van der Waals surface area (Å²) >= 11 is 5.84. The Labute approximate surface area is 93.3 Å². The highest BCUT2D eigenvalue weighted by Crippen LogP contribution is 2.17. The molecule has 0 fully saturated rings. The summed E-state index contributed by atoms with van der Waals surface area (Å²) in [6.07, 6.45) is 3.45. The van der Waals surface area contributed by atoms with Crippen molar-refractivity contribution in [3.05, 3.63) is 59.4 Å². The third-order valence-corrected chi connectivity index (χ3v) is 2.08. The van der Waals surface area contributed by atoms with Crippen molar-refractivity contribution >= 4 is 23.5 Å². The van der Waals surface area contributed by atoms with Gasteiger partial charge < -0.3 is 0 Å². The first-order chi connectivity index (χ1) is 7.34. The smallest absolute Gasteiger partial charge is 0.0812 e. The van der Waals surface area contributed by atoms with E-state index < -0.39 is 0 Å². The van der Waals surface area contributed by atoms with E-state index in [9.17, 15) is 0 Å². The fourth-order valence-corrected chi connectivity index (χ4v) is 1.33. The van der Waals surface area contributed by atoms with E-state index >= 15 is 0 Å². The molecule has 0 aliphatic heterocycles. The summed E-state index contributed by atoms with van der Waals surface area (Å²) in [5.74, 6) is 0. The molecule has 1 aromatic heterocycles. The third-order valence-electron chi connectivity index (χ3n) is 1.84. The first-order valence-corrected chi connectivity index (χ1v) is 4.93. The lowest BCUT2D eigenvalue weighted by Gasteiger charge is -1.94. The number of halogens is 1. The van der Waals surface area contributed by atoms with Gasteiger partial charge in [-0.25, -0.2) is 0 Å². The van der Waals surface area contributed by atoms with Crippen molar-refractivity contribution in [2.75, 3.05) is 0 Å². The fraction of sp³-hybridized carbons (Fsp3) is 0. The Morgan fingerprint density at radius 2 is 2.07 bits per heavy atom. The van der Waals surface area contributed by atoms with Crippen molar-refractivity contribution in [3.8, 4) is 0 Å². The van der Waals surface area contributed by atoms with Gasteiger partial charge in [0.1, 0.15) is 0 Å². The van der Waals surface area contributed by atoms with Crippen molar-refractivity contribution in [3.63, 3.8) is 0 Å². The molecule has 0 amide bonds. The maximum absolute atomic E-state index is 5.84. The molecule has 3 heteroatoms. The normalized spacial score (nSPS) is 10.7. The van der Waals surface area contributed by atoms with Gasteiger partial charge in [0.15, 0.2) is 0 Å². The highest BCUT2D eigenvalue weighted by atomic mass is 35.5. The van der Waals surface area contributed by atoms with E-state index in [-0.39, 0.29) is 0 Å². The molecule has 0 saturated heterocycles. The van der Waals surface area contributed by atoms with E-state index in [1.54, 1.807) is 18.5 Å². The molecule has 74 valence electrons. The molecule has 0 radical (unpaired) electrons. The maximum Gasteiger partial charge on any atom is 0.0812 e. The van der Waals surface area contributed by atoms with E-state index in [0.717, 1.165) is 11.4 Å². The lowest BCUT2D eigenvalue weighted by atomic mass is 10.3. The highest BCUT2D eigenvalue weighted by Gasteiger charge is 1.90. The molecule has 15 heavy (non-hydrogen) atoms. The van der Waals surface area contributed by atoms with Crippen LogP contribution in [0.15, 0.2) is 53.7 Å². The molecule has 0 aliphatic rings. The largest absolute Gasteiger partial charge is 0.255 e. The summed E-state index contributed by atoms with van der Waals surface area (Å²) < 4.78 is 0. The molecule has 0 aliphatic carbocycles. The zero-order valence-corrected chi connectivity index (χ0v) is 8.72. The molecule has 0 N–H and O–H groups in total. The Balaban J connectivity index is 2.19. The minimum Gasteiger partial charge on any atom is -0.255 e. The Morgan fingerprint density at radius 1 is 1.13 bits per heavy atom. The molecule has 2 rings (SSSR count). The molecule has 0 unspecified atom stereocenters. The van der Waals surface area contributed by atoms with Gasteiger partial charge in [0, 0.05) is 11.2 Å². The summed E-state index contributed by atoms with van der Waals surface area (Å²) in [6, 6.07) is 13.1. The average molecular weight is 217 g/mol. The number of nitrogens with zero attached hydrogens (tertiary/aromatic N) is 2. The van der Waals surface area contributed by atoms with E-state index in [2.05, 4.69) is 9.98 Å². The molecule has 1 aromatic carbocycles. The van der Waals surface area contributed by atoms with Gasteiger partial charge in [0.25, 0.3) is 0 Å². The van der Waals surface area contributed by atoms with E-state index in [4.69, 9.17) is 11.6 Å². The zero-order valence-electron chi connectivity index (χ0n) is 7.97. The van der Waals surface area contributed by atoms with Crippen LogP contribution < -0.4 is 0 Å². The number of aliphatic imine (C=N–C) groups is 1. The minimum atomic E-state index is 0.686. The predicted molar refractivity (Wildman–Crippen MR) is 62.9 cm³/mol. The van der Waals surface area contributed by atoms with Crippen molar-refractivity contribution in [2.45, 2.75) is 0 Å². The SMILES string of the molecule is Clc1cccc(N=Cc2ccccn2)c1. The molecule has 2 nitrogen and oxygen atoms in total. The topological polar surface area (TPSA) is 25.2 Å². The maximum atomic E-state index is 5.84. The van der Waals surface area contributed by atoms with E-state index in [1.165, 1.54) is 0 Å². The van der Waals surface area contributed by atoms with Crippen molar-refractivity contribution in [1.82, 2.24) is 4.98 Å². The molecule has 1 heterocycles. The Morgan fingerprint density at radius 3 is 2.80 bits per heavy atom. The molecule has 0 bridgehead atoms.